The molecule has 0 aliphatic heterocycles. The fourth-order valence-electron chi connectivity index (χ4n) is 3.47. The maximum absolute atomic E-state index is 13.3. The third-order valence-electron chi connectivity index (χ3n) is 5.03. The highest BCUT2D eigenvalue weighted by atomic mass is 16.5. The van der Waals surface area contributed by atoms with E-state index in [-0.39, 0.29) is 11.5 Å². The molecule has 152 valence electrons. The van der Waals surface area contributed by atoms with Gasteiger partial charge in [-0.2, -0.15) is 4.98 Å². The van der Waals surface area contributed by atoms with Crippen molar-refractivity contribution >= 4 is 17.0 Å². The summed E-state index contributed by atoms with van der Waals surface area (Å²) in [5.74, 6) is 1.66. The molecule has 4 aromatic rings. The van der Waals surface area contributed by atoms with E-state index in [0.717, 1.165) is 35.2 Å². The van der Waals surface area contributed by atoms with E-state index in [4.69, 9.17) is 10.5 Å². The number of benzene rings is 2. The Labute approximate surface area is 175 Å². The molecule has 0 spiro atoms. The number of nitrogens with two attached hydrogens (primary N) is 1. The number of rotatable bonds is 6. The monoisotopic (exact) mass is 400 g/mol. The number of para-hydroxylation sites is 1. The molecule has 0 amide bonds. The van der Waals surface area contributed by atoms with Crippen LogP contribution >= 0.6 is 0 Å². The van der Waals surface area contributed by atoms with Crippen molar-refractivity contribution < 1.29 is 4.74 Å². The van der Waals surface area contributed by atoms with Gasteiger partial charge < -0.3 is 10.5 Å². The molecular weight excluding hydrogens is 376 g/mol. The SMILES string of the molecule is CCCCn1c(=O)c(-c2ccc(Oc3ccccc3)cc2)cc2c(C)nc(N)nc21. The van der Waals surface area contributed by atoms with Crippen LogP contribution < -0.4 is 16.0 Å². The van der Waals surface area contributed by atoms with Crippen LogP contribution in [0.25, 0.3) is 22.2 Å². The molecular formula is C24H24N4O2. The fourth-order valence-corrected chi connectivity index (χ4v) is 3.47. The van der Waals surface area contributed by atoms with Crippen LogP contribution in [0.3, 0.4) is 0 Å². The van der Waals surface area contributed by atoms with Crippen LogP contribution in [0.15, 0.2) is 65.5 Å². The Hall–Kier alpha value is -3.67. The largest absolute Gasteiger partial charge is 0.457 e. The minimum Gasteiger partial charge on any atom is -0.457 e. The molecule has 0 unspecified atom stereocenters. The third-order valence-corrected chi connectivity index (χ3v) is 5.03. The van der Waals surface area contributed by atoms with E-state index in [1.807, 2.05) is 67.6 Å². The Balaban J connectivity index is 1.78. The zero-order valence-electron chi connectivity index (χ0n) is 17.1. The summed E-state index contributed by atoms with van der Waals surface area (Å²) in [6.45, 7) is 4.57. The normalized spacial score (nSPS) is 11.0. The molecule has 0 bridgehead atoms. The van der Waals surface area contributed by atoms with Gasteiger partial charge in [0.15, 0.2) is 0 Å². The van der Waals surface area contributed by atoms with Crippen LogP contribution in [0.4, 0.5) is 5.95 Å². The standard InChI is InChI=1S/C24H24N4O2/c1-3-4-14-28-22-20(16(2)26-24(25)27-22)15-21(23(28)29)17-10-12-19(13-11-17)30-18-8-6-5-7-9-18/h5-13,15H,3-4,14H2,1-2H3,(H2,25,26,27). The Bertz CT molecular complexity index is 1230. The molecule has 0 aliphatic carbocycles. The number of fused-ring (bicyclic) bond motifs is 1. The summed E-state index contributed by atoms with van der Waals surface area (Å²) in [6.07, 6.45) is 1.86. The summed E-state index contributed by atoms with van der Waals surface area (Å²) in [5.41, 5.74) is 8.55. The summed E-state index contributed by atoms with van der Waals surface area (Å²) in [6, 6.07) is 19.0. The van der Waals surface area contributed by atoms with Gasteiger partial charge in [-0.3, -0.25) is 9.36 Å². The van der Waals surface area contributed by atoms with Crippen LogP contribution in [0, 0.1) is 6.92 Å². The molecule has 2 N–H and O–H groups in total. The Morgan fingerprint density at radius 2 is 1.70 bits per heavy atom. The molecule has 0 aliphatic rings. The van der Waals surface area contributed by atoms with Gasteiger partial charge in [0.05, 0.1) is 5.69 Å². The summed E-state index contributed by atoms with van der Waals surface area (Å²) in [7, 11) is 0. The Morgan fingerprint density at radius 3 is 2.40 bits per heavy atom. The van der Waals surface area contributed by atoms with Crippen molar-refractivity contribution in [2.24, 2.45) is 0 Å². The lowest BCUT2D eigenvalue weighted by Gasteiger charge is -2.14. The minimum atomic E-state index is -0.0785. The van der Waals surface area contributed by atoms with Gasteiger partial charge in [0.1, 0.15) is 17.1 Å². The summed E-state index contributed by atoms with van der Waals surface area (Å²) >= 11 is 0. The second kappa shape index (κ2) is 8.37. The first-order valence-corrected chi connectivity index (χ1v) is 10.1. The molecule has 2 aromatic carbocycles. The second-order valence-electron chi connectivity index (χ2n) is 7.21. The number of hydrogen-bond donors (Lipinski definition) is 1. The van der Waals surface area contributed by atoms with Gasteiger partial charge in [-0.1, -0.05) is 43.7 Å². The number of anilines is 1. The van der Waals surface area contributed by atoms with Crippen molar-refractivity contribution in [3.8, 4) is 22.6 Å². The van der Waals surface area contributed by atoms with Crippen LogP contribution in [0.1, 0.15) is 25.5 Å². The van der Waals surface area contributed by atoms with Gasteiger partial charge in [0, 0.05) is 17.5 Å². The lowest BCUT2D eigenvalue weighted by atomic mass is 10.0. The first kappa shape index (κ1) is 19.6. The molecule has 0 saturated carbocycles. The number of unbranched alkanes of at least 4 members (excludes halogenated alkanes) is 1. The van der Waals surface area contributed by atoms with Gasteiger partial charge in [-0.05, 0) is 49.2 Å². The lowest BCUT2D eigenvalue weighted by molar-refractivity contribution is 0.483. The zero-order valence-corrected chi connectivity index (χ0v) is 17.1. The predicted molar refractivity (Wildman–Crippen MR) is 120 cm³/mol. The number of hydrogen-bond acceptors (Lipinski definition) is 5. The second-order valence-corrected chi connectivity index (χ2v) is 7.21. The quantitative estimate of drug-likeness (QED) is 0.495. The topological polar surface area (TPSA) is 83.0 Å². The number of aromatic nitrogens is 3. The summed E-state index contributed by atoms with van der Waals surface area (Å²) in [4.78, 5) is 22.0. The smallest absolute Gasteiger partial charge is 0.260 e. The van der Waals surface area contributed by atoms with E-state index in [1.54, 1.807) is 4.57 Å². The predicted octanol–water partition coefficient (Wildman–Crippen LogP) is 4.94. The number of nitrogen functional groups attached to an aromatic ring is 1. The molecule has 6 nitrogen and oxygen atoms in total. The molecule has 0 fully saturated rings. The van der Waals surface area contributed by atoms with Gasteiger partial charge in [0.2, 0.25) is 5.95 Å². The number of pyridine rings is 1. The van der Waals surface area contributed by atoms with Crippen LogP contribution in [0.2, 0.25) is 0 Å². The maximum Gasteiger partial charge on any atom is 0.260 e. The van der Waals surface area contributed by atoms with E-state index in [2.05, 4.69) is 16.9 Å². The van der Waals surface area contributed by atoms with Crippen LogP contribution in [-0.2, 0) is 6.54 Å². The van der Waals surface area contributed by atoms with Crippen molar-refractivity contribution in [2.45, 2.75) is 33.2 Å². The average Bonchev–Trinajstić information content (AvgIpc) is 2.74. The molecule has 0 saturated heterocycles. The van der Waals surface area contributed by atoms with Crippen molar-refractivity contribution in [3.63, 3.8) is 0 Å². The van der Waals surface area contributed by atoms with Crippen LogP contribution in [-0.4, -0.2) is 14.5 Å². The third kappa shape index (κ3) is 3.89. The molecule has 0 radical (unpaired) electrons. The highest BCUT2D eigenvalue weighted by Crippen LogP contribution is 2.27. The number of ether oxygens (including phenoxy) is 1. The maximum atomic E-state index is 13.3. The van der Waals surface area contributed by atoms with Crippen molar-refractivity contribution in [2.75, 3.05) is 5.73 Å². The highest BCUT2D eigenvalue weighted by Gasteiger charge is 2.15. The van der Waals surface area contributed by atoms with Crippen molar-refractivity contribution in [3.05, 3.63) is 76.7 Å². The van der Waals surface area contributed by atoms with Crippen molar-refractivity contribution in [1.82, 2.24) is 14.5 Å². The van der Waals surface area contributed by atoms with Gasteiger partial charge in [0.25, 0.3) is 5.56 Å². The fraction of sp³-hybridized carbons (Fsp3) is 0.208. The molecule has 30 heavy (non-hydrogen) atoms. The first-order chi connectivity index (χ1) is 14.6. The van der Waals surface area contributed by atoms with E-state index >= 15 is 0 Å². The van der Waals surface area contributed by atoms with E-state index < -0.39 is 0 Å². The van der Waals surface area contributed by atoms with Crippen molar-refractivity contribution in [1.29, 1.82) is 0 Å². The number of aryl methyl sites for hydroxylation is 2. The Kier molecular flexibility index (Phi) is 5.48. The van der Waals surface area contributed by atoms with Crippen LogP contribution in [0.5, 0.6) is 11.5 Å². The van der Waals surface area contributed by atoms with E-state index in [1.165, 1.54) is 0 Å². The van der Waals surface area contributed by atoms with Gasteiger partial charge in [-0.25, -0.2) is 4.98 Å². The number of nitrogens with zero attached hydrogens (tertiary/aromatic N) is 3. The first-order valence-electron chi connectivity index (χ1n) is 10.1. The average molecular weight is 400 g/mol. The zero-order chi connectivity index (χ0) is 21.1. The molecule has 0 atom stereocenters. The summed E-state index contributed by atoms with van der Waals surface area (Å²) in [5, 5.41) is 0.833. The minimum absolute atomic E-state index is 0.0785. The van der Waals surface area contributed by atoms with E-state index in [0.29, 0.717) is 23.5 Å². The molecule has 4 rings (SSSR count). The Morgan fingerprint density at radius 1 is 1.00 bits per heavy atom. The lowest BCUT2D eigenvalue weighted by Crippen LogP contribution is -2.24. The highest BCUT2D eigenvalue weighted by molar-refractivity contribution is 5.84. The summed E-state index contributed by atoms with van der Waals surface area (Å²) < 4.78 is 7.58. The van der Waals surface area contributed by atoms with Gasteiger partial charge in [-0.15, -0.1) is 0 Å². The molecule has 2 aromatic heterocycles. The molecule has 6 heteroatoms. The van der Waals surface area contributed by atoms with E-state index in [9.17, 15) is 4.79 Å². The van der Waals surface area contributed by atoms with Gasteiger partial charge >= 0.3 is 0 Å². The molecule has 2 heterocycles.